The van der Waals surface area contributed by atoms with E-state index in [4.69, 9.17) is 4.74 Å². The Hall–Kier alpha value is -1.81. The van der Waals surface area contributed by atoms with E-state index in [9.17, 15) is 19.7 Å². The van der Waals surface area contributed by atoms with E-state index >= 15 is 0 Å². The van der Waals surface area contributed by atoms with Crippen molar-refractivity contribution in [3.63, 3.8) is 0 Å². The predicted molar refractivity (Wildman–Crippen MR) is 80.1 cm³/mol. The van der Waals surface area contributed by atoms with Gasteiger partial charge in [-0.3, -0.25) is 0 Å². The largest absolute Gasteiger partial charge is 0.472 e. The third kappa shape index (κ3) is 3.42. The van der Waals surface area contributed by atoms with Gasteiger partial charge in [-0.25, -0.2) is 15.0 Å². The van der Waals surface area contributed by atoms with Crippen LogP contribution in [0.4, 0.5) is 4.39 Å². The minimum atomic E-state index is -1.34. The number of hydrogen-bond acceptors (Lipinski definition) is 8. The molecule has 2 aromatic heterocycles. The van der Waals surface area contributed by atoms with E-state index in [1.54, 1.807) is 12.4 Å². The molecule has 2 aromatic rings. The zero-order chi connectivity index (χ0) is 16.4. The van der Waals surface area contributed by atoms with E-state index < -0.39 is 29.7 Å². The summed E-state index contributed by atoms with van der Waals surface area (Å²) in [6.07, 6.45) is 2.07. The van der Waals surface area contributed by atoms with Gasteiger partial charge < -0.3 is 20.1 Å². The SMILES string of the molecule is O[C@@H]1[C@@H](O)[C@@H](Oc2cc(-c3cncnc3)cnc2F)SC[C@H]1O. The van der Waals surface area contributed by atoms with Crippen molar-refractivity contribution in [3.05, 3.63) is 36.9 Å². The highest BCUT2D eigenvalue weighted by molar-refractivity contribution is 7.99. The molecule has 0 aliphatic carbocycles. The molecule has 23 heavy (non-hydrogen) atoms. The summed E-state index contributed by atoms with van der Waals surface area (Å²) >= 11 is 1.09. The summed E-state index contributed by atoms with van der Waals surface area (Å²) in [5.74, 6) is -0.824. The monoisotopic (exact) mass is 339 g/mol. The average molecular weight is 339 g/mol. The Morgan fingerprint density at radius 3 is 2.57 bits per heavy atom. The van der Waals surface area contributed by atoms with Crippen LogP contribution in [0.25, 0.3) is 11.1 Å². The lowest BCUT2D eigenvalue weighted by atomic mass is 10.1. The van der Waals surface area contributed by atoms with Crippen molar-refractivity contribution in [2.45, 2.75) is 23.7 Å². The first kappa shape index (κ1) is 16.1. The fraction of sp³-hybridized carbons (Fsp3) is 0.357. The van der Waals surface area contributed by atoms with Gasteiger partial charge >= 0.3 is 0 Å². The van der Waals surface area contributed by atoms with Gasteiger partial charge in [0, 0.05) is 35.5 Å². The van der Waals surface area contributed by atoms with Gasteiger partial charge in [-0.05, 0) is 6.07 Å². The third-order valence-corrected chi connectivity index (χ3v) is 4.64. The summed E-state index contributed by atoms with van der Waals surface area (Å²) in [6, 6.07) is 1.42. The fourth-order valence-electron chi connectivity index (χ4n) is 2.12. The Bertz CT molecular complexity index is 678. The molecule has 3 heterocycles. The van der Waals surface area contributed by atoms with Crippen LogP contribution in [-0.2, 0) is 0 Å². The molecule has 7 nitrogen and oxygen atoms in total. The normalized spacial score (nSPS) is 27.7. The van der Waals surface area contributed by atoms with Crippen LogP contribution in [0.3, 0.4) is 0 Å². The molecular weight excluding hydrogens is 325 g/mol. The topological polar surface area (TPSA) is 109 Å². The van der Waals surface area contributed by atoms with Crippen LogP contribution in [0.5, 0.6) is 5.75 Å². The highest BCUT2D eigenvalue weighted by Crippen LogP contribution is 2.31. The lowest BCUT2D eigenvalue weighted by molar-refractivity contribution is -0.0790. The third-order valence-electron chi connectivity index (χ3n) is 3.40. The molecule has 9 heteroatoms. The zero-order valence-electron chi connectivity index (χ0n) is 11.8. The van der Waals surface area contributed by atoms with Crippen molar-refractivity contribution < 1.29 is 24.4 Å². The van der Waals surface area contributed by atoms with Crippen molar-refractivity contribution in [1.29, 1.82) is 0 Å². The van der Waals surface area contributed by atoms with Gasteiger partial charge in [0.15, 0.2) is 11.2 Å². The Morgan fingerprint density at radius 1 is 1.09 bits per heavy atom. The van der Waals surface area contributed by atoms with Crippen LogP contribution in [0.15, 0.2) is 31.0 Å². The molecule has 122 valence electrons. The molecule has 1 aliphatic heterocycles. The summed E-state index contributed by atoms with van der Waals surface area (Å²) in [5.41, 5.74) is 0.280. The van der Waals surface area contributed by atoms with E-state index in [1.807, 2.05) is 0 Å². The number of ether oxygens (including phenoxy) is 1. The van der Waals surface area contributed by atoms with Crippen LogP contribution >= 0.6 is 11.8 Å². The van der Waals surface area contributed by atoms with Crippen molar-refractivity contribution >= 4 is 11.8 Å². The second-order valence-corrected chi connectivity index (χ2v) is 6.14. The molecule has 3 N–H and O–H groups in total. The Morgan fingerprint density at radius 2 is 1.83 bits per heavy atom. The number of nitrogens with zero attached hydrogens (tertiary/aromatic N) is 3. The molecule has 1 aliphatic rings. The number of pyridine rings is 1. The molecule has 0 unspecified atom stereocenters. The lowest BCUT2D eigenvalue weighted by Crippen LogP contribution is -2.50. The van der Waals surface area contributed by atoms with E-state index in [-0.39, 0.29) is 11.5 Å². The Kier molecular flexibility index (Phi) is 4.71. The van der Waals surface area contributed by atoms with Crippen LogP contribution < -0.4 is 4.74 Å². The first-order valence-electron chi connectivity index (χ1n) is 6.79. The number of aliphatic hydroxyl groups excluding tert-OH is 3. The molecule has 4 atom stereocenters. The van der Waals surface area contributed by atoms with E-state index in [2.05, 4.69) is 15.0 Å². The standard InChI is InChI=1S/C14H14FN3O4S/c15-13-10(22-14-12(21)11(20)9(19)5-23-14)1-7(4-18-13)8-2-16-6-17-3-8/h1-4,6,9,11-12,14,19-21H,5H2/t9-,11+,12-,14+/m1/s1. The lowest BCUT2D eigenvalue weighted by Gasteiger charge is -2.34. The first-order chi connectivity index (χ1) is 11.1. The maximum atomic E-state index is 13.9. The molecule has 0 aromatic carbocycles. The summed E-state index contributed by atoms with van der Waals surface area (Å²) in [7, 11) is 0. The fourth-order valence-corrected chi connectivity index (χ4v) is 3.24. The van der Waals surface area contributed by atoms with Gasteiger partial charge in [-0.15, -0.1) is 11.8 Å². The number of aliphatic hydroxyl groups is 3. The van der Waals surface area contributed by atoms with E-state index in [0.29, 0.717) is 11.1 Å². The Labute approximate surface area is 135 Å². The number of hydrogen-bond donors (Lipinski definition) is 3. The molecule has 1 saturated heterocycles. The summed E-state index contributed by atoms with van der Waals surface area (Å²) in [4.78, 5) is 11.4. The molecular formula is C14H14FN3O4S. The predicted octanol–water partition coefficient (Wildman–Crippen LogP) is 0.212. The van der Waals surface area contributed by atoms with E-state index in [1.165, 1.54) is 18.6 Å². The molecule has 3 rings (SSSR count). The molecule has 0 saturated carbocycles. The number of aromatic nitrogens is 3. The highest BCUT2D eigenvalue weighted by atomic mass is 32.2. The number of halogens is 1. The smallest absolute Gasteiger partial charge is 0.255 e. The quantitative estimate of drug-likeness (QED) is 0.681. The van der Waals surface area contributed by atoms with E-state index in [0.717, 1.165) is 11.8 Å². The zero-order valence-corrected chi connectivity index (χ0v) is 12.6. The summed E-state index contributed by atoms with van der Waals surface area (Å²) in [5, 5.41) is 29.1. The molecule has 0 spiro atoms. The maximum Gasteiger partial charge on any atom is 0.255 e. The molecule has 0 bridgehead atoms. The van der Waals surface area contributed by atoms with Crippen molar-refractivity contribution in [2.75, 3.05) is 5.75 Å². The van der Waals surface area contributed by atoms with Crippen LogP contribution in [0.2, 0.25) is 0 Å². The maximum absolute atomic E-state index is 13.9. The molecule has 0 radical (unpaired) electrons. The van der Waals surface area contributed by atoms with Crippen molar-refractivity contribution in [3.8, 4) is 16.9 Å². The van der Waals surface area contributed by atoms with Gasteiger partial charge in [0.05, 0.1) is 6.10 Å². The summed E-state index contributed by atoms with van der Waals surface area (Å²) in [6.45, 7) is 0. The molecule has 0 amide bonds. The van der Waals surface area contributed by atoms with Gasteiger partial charge in [-0.1, -0.05) is 0 Å². The Balaban J connectivity index is 1.83. The minimum Gasteiger partial charge on any atom is -0.472 e. The highest BCUT2D eigenvalue weighted by Gasteiger charge is 2.39. The summed E-state index contributed by atoms with van der Waals surface area (Å²) < 4.78 is 19.3. The van der Waals surface area contributed by atoms with Gasteiger partial charge in [-0.2, -0.15) is 4.39 Å². The average Bonchev–Trinajstić information content (AvgIpc) is 2.58. The molecule has 1 fully saturated rings. The van der Waals surface area contributed by atoms with Crippen molar-refractivity contribution in [1.82, 2.24) is 15.0 Å². The second kappa shape index (κ2) is 6.75. The van der Waals surface area contributed by atoms with Crippen LogP contribution in [-0.4, -0.2) is 59.8 Å². The van der Waals surface area contributed by atoms with Gasteiger partial charge in [0.1, 0.15) is 18.5 Å². The van der Waals surface area contributed by atoms with Crippen LogP contribution in [0, 0.1) is 5.95 Å². The number of rotatable bonds is 3. The number of thioether (sulfide) groups is 1. The van der Waals surface area contributed by atoms with Gasteiger partial charge in [0.25, 0.3) is 5.95 Å². The second-order valence-electron chi connectivity index (χ2n) is 5.01. The van der Waals surface area contributed by atoms with Crippen molar-refractivity contribution in [2.24, 2.45) is 0 Å². The van der Waals surface area contributed by atoms with Gasteiger partial charge in [0.2, 0.25) is 0 Å². The van der Waals surface area contributed by atoms with Crippen LogP contribution in [0.1, 0.15) is 0 Å². The first-order valence-corrected chi connectivity index (χ1v) is 7.84. The minimum absolute atomic E-state index is 0.161.